The van der Waals surface area contributed by atoms with Crippen molar-refractivity contribution in [3.63, 3.8) is 0 Å². The number of carbonyl (C=O) groups is 3. The molecule has 0 radical (unpaired) electrons. The number of urea groups is 1. The van der Waals surface area contributed by atoms with Crippen molar-refractivity contribution in [1.82, 2.24) is 26.3 Å². The van der Waals surface area contributed by atoms with Crippen molar-refractivity contribution >= 4 is 35.3 Å². The Bertz CT molecular complexity index is 1380. The van der Waals surface area contributed by atoms with Crippen LogP contribution in [-0.4, -0.2) is 66.1 Å². The minimum absolute atomic E-state index is 0.0670. The largest absolute Gasteiger partial charge is 0.439 e. The number of hydrogen-bond acceptors (Lipinski definition) is 8. The molecule has 0 spiro atoms. The van der Waals surface area contributed by atoms with E-state index in [2.05, 4.69) is 32.8 Å². The van der Waals surface area contributed by atoms with Crippen molar-refractivity contribution in [1.29, 1.82) is 0 Å². The average molecular weight is 563 g/mol. The van der Waals surface area contributed by atoms with Crippen LogP contribution in [0.1, 0.15) is 12.0 Å². The van der Waals surface area contributed by atoms with Crippen LogP contribution in [0.5, 0.6) is 11.6 Å². The molecular formula is C28H30N6O5S. The second kappa shape index (κ2) is 11.0. The molecule has 0 bridgehead atoms. The number of para-hydroxylation sites is 1. The maximum atomic E-state index is 13.6. The maximum Gasteiger partial charge on any atom is 0.326 e. The highest BCUT2D eigenvalue weighted by molar-refractivity contribution is 8.04. The molecule has 3 fully saturated rings. The van der Waals surface area contributed by atoms with E-state index in [1.165, 1.54) is 17.8 Å². The summed E-state index contributed by atoms with van der Waals surface area (Å²) in [6.45, 7) is 6.70. The Labute approximate surface area is 235 Å². The number of pyridine rings is 1. The Morgan fingerprint density at radius 2 is 2.00 bits per heavy atom. The fraction of sp³-hybridized carbons (Fsp3) is 0.357. The Hall–Kier alpha value is -3.87. The second-order valence-electron chi connectivity index (χ2n) is 10.1. The minimum Gasteiger partial charge on any atom is -0.439 e. The molecule has 4 N–H and O–H groups in total. The molecule has 5 heterocycles. The van der Waals surface area contributed by atoms with E-state index >= 15 is 0 Å². The third kappa shape index (κ3) is 4.93. The lowest BCUT2D eigenvalue weighted by Gasteiger charge is -2.46. The van der Waals surface area contributed by atoms with Gasteiger partial charge in [0.05, 0.1) is 53.5 Å². The van der Waals surface area contributed by atoms with Crippen LogP contribution in [0, 0.1) is 12.8 Å². The van der Waals surface area contributed by atoms with Gasteiger partial charge in [-0.2, -0.15) is 0 Å². The molecule has 6 rings (SSSR count). The summed E-state index contributed by atoms with van der Waals surface area (Å²) < 4.78 is 11.4. The molecule has 12 heteroatoms. The predicted molar refractivity (Wildman–Crippen MR) is 150 cm³/mol. The van der Waals surface area contributed by atoms with Gasteiger partial charge in [0, 0.05) is 17.7 Å². The smallest absolute Gasteiger partial charge is 0.326 e. The summed E-state index contributed by atoms with van der Waals surface area (Å²) in [5.74, 6) is 0.406. The normalized spacial score (nSPS) is 27.1. The van der Waals surface area contributed by atoms with E-state index in [9.17, 15) is 14.4 Å². The summed E-state index contributed by atoms with van der Waals surface area (Å²) in [5, 5.41) is 12.3. The van der Waals surface area contributed by atoms with Gasteiger partial charge in [-0.05, 0) is 43.7 Å². The zero-order valence-electron chi connectivity index (χ0n) is 21.9. The Morgan fingerprint density at radius 3 is 2.75 bits per heavy atom. The minimum atomic E-state index is -0.391. The zero-order chi connectivity index (χ0) is 27.8. The highest BCUT2D eigenvalue weighted by atomic mass is 32.2. The van der Waals surface area contributed by atoms with Crippen LogP contribution in [-0.2, 0) is 14.3 Å². The van der Waals surface area contributed by atoms with Gasteiger partial charge >= 0.3 is 6.03 Å². The van der Waals surface area contributed by atoms with Gasteiger partial charge in [-0.15, -0.1) is 0 Å². The molecule has 4 aliphatic rings. The number of hydrogen-bond donors (Lipinski definition) is 4. The molecule has 208 valence electrons. The first-order valence-electron chi connectivity index (χ1n) is 13.2. The summed E-state index contributed by atoms with van der Waals surface area (Å²) in [7, 11) is 0. The highest BCUT2D eigenvalue weighted by Gasteiger charge is 2.52. The Balaban J connectivity index is 1.22. The molecule has 1 aromatic heterocycles. The van der Waals surface area contributed by atoms with Crippen molar-refractivity contribution in [2.75, 3.05) is 24.7 Å². The number of nitrogens with one attached hydrogen (secondary N) is 4. The average Bonchev–Trinajstić information content (AvgIpc) is 3.55. The maximum absolute atomic E-state index is 13.6. The van der Waals surface area contributed by atoms with Crippen LogP contribution in [0.4, 0.5) is 10.5 Å². The van der Waals surface area contributed by atoms with Gasteiger partial charge in [-0.25, -0.2) is 9.78 Å². The van der Waals surface area contributed by atoms with Crippen molar-refractivity contribution in [3.05, 3.63) is 71.4 Å². The van der Waals surface area contributed by atoms with E-state index in [0.717, 1.165) is 12.0 Å². The molecule has 4 aliphatic heterocycles. The van der Waals surface area contributed by atoms with Gasteiger partial charge in [0.2, 0.25) is 11.8 Å². The molecule has 40 heavy (non-hydrogen) atoms. The van der Waals surface area contributed by atoms with Crippen molar-refractivity contribution in [3.8, 4) is 11.6 Å². The highest BCUT2D eigenvalue weighted by Crippen LogP contribution is 2.48. The van der Waals surface area contributed by atoms with E-state index in [1.54, 1.807) is 11.1 Å². The first-order chi connectivity index (χ1) is 19.4. The van der Waals surface area contributed by atoms with Crippen molar-refractivity contribution < 1.29 is 23.9 Å². The number of thioether (sulfide) groups is 1. The molecule has 0 aliphatic carbocycles. The number of aromatic nitrogens is 1. The summed E-state index contributed by atoms with van der Waals surface area (Å²) in [6, 6.07) is 10.0. The van der Waals surface area contributed by atoms with Crippen LogP contribution in [0.15, 0.2) is 65.9 Å². The molecule has 3 saturated heterocycles. The summed E-state index contributed by atoms with van der Waals surface area (Å²) in [6.07, 6.45) is 3.59. The fourth-order valence-electron chi connectivity index (χ4n) is 5.66. The summed E-state index contributed by atoms with van der Waals surface area (Å²) in [5.41, 5.74) is 2.19. The fourth-order valence-corrected chi connectivity index (χ4v) is 7.06. The van der Waals surface area contributed by atoms with Crippen LogP contribution in [0.25, 0.3) is 0 Å². The van der Waals surface area contributed by atoms with Crippen LogP contribution in [0.2, 0.25) is 0 Å². The Morgan fingerprint density at radius 1 is 1.23 bits per heavy atom. The lowest BCUT2D eigenvalue weighted by Crippen LogP contribution is -2.62. The van der Waals surface area contributed by atoms with Crippen LogP contribution < -0.4 is 30.9 Å². The molecule has 3 unspecified atom stereocenters. The van der Waals surface area contributed by atoms with Crippen molar-refractivity contribution in [2.24, 2.45) is 5.92 Å². The monoisotopic (exact) mass is 562 g/mol. The van der Waals surface area contributed by atoms with Crippen LogP contribution >= 0.6 is 11.8 Å². The molecule has 5 atom stereocenters. The van der Waals surface area contributed by atoms with Gasteiger partial charge in [0.25, 0.3) is 5.91 Å². The lowest BCUT2D eigenvalue weighted by atomic mass is 9.86. The number of benzene rings is 1. The van der Waals surface area contributed by atoms with E-state index in [0.29, 0.717) is 41.1 Å². The molecule has 0 saturated carbocycles. The predicted octanol–water partition coefficient (Wildman–Crippen LogP) is 2.16. The van der Waals surface area contributed by atoms with Gasteiger partial charge in [-0.1, -0.05) is 36.5 Å². The van der Waals surface area contributed by atoms with Crippen molar-refractivity contribution in [2.45, 2.75) is 36.8 Å². The number of anilines is 1. The first-order valence-corrected chi connectivity index (χ1v) is 14.1. The number of piperidine rings is 1. The second-order valence-corrected chi connectivity index (χ2v) is 11.2. The quantitative estimate of drug-likeness (QED) is 0.378. The van der Waals surface area contributed by atoms with E-state index in [-0.39, 0.29) is 47.8 Å². The number of ether oxygens (including phenoxy) is 2. The first kappa shape index (κ1) is 26.4. The molecule has 2 aromatic rings. The Kier molecular flexibility index (Phi) is 7.22. The third-order valence-electron chi connectivity index (χ3n) is 7.54. The third-order valence-corrected chi connectivity index (χ3v) is 8.90. The molecule has 1 aromatic carbocycles. The van der Waals surface area contributed by atoms with Gasteiger partial charge < -0.3 is 30.7 Å². The van der Waals surface area contributed by atoms with Gasteiger partial charge in [0.15, 0.2) is 0 Å². The summed E-state index contributed by atoms with van der Waals surface area (Å²) >= 11 is 1.42. The number of carbonyl (C=O) groups excluding carboxylic acids is 3. The van der Waals surface area contributed by atoms with Crippen LogP contribution in [0.3, 0.4) is 0 Å². The topological polar surface area (TPSA) is 134 Å². The molecular weight excluding hydrogens is 532 g/mol. The molecule has 11 nitrogen and oxygen atoms in total. The summed E-state index contributed by atoms with van der Waals surface area (Å²) in [4.78, 5) is 45.5. The van der Waals surface area contributed by atoms with E-state index < -0.39 is 6.04 Å². The van der Waals surface area contributed by atoms with Gasteiger partial charge in [-0.3, -0.25) is 14.5 Å². The zero-order valence-corrected chi connectivity index (χ0v) is 22.7. The standard InChI is InChI=1S/C28H30N6O5S/c1-3-21(35)31-17-13-38-14-18(17)32-26(36)25-24-23-19(9-10-29-27(23)40-25)34(28(37)33-24)20-12-30-22(11-15(20)2)39-16-7-5-4-6-8-16/h3-8,11-12,17-19,23,27,29H,1,9-10,13-14H2,2H3,(H,31,35)(H,32,36)(H,33,37)/t17-,18-,19?,23?,27?/m1/s1. The molecule has 4 amide bonds. The van der Waals surface area contributed by atoms with E-state index in [1.807, 2.05) is 43.3 Å². The van der Waals surface area contributed by atoms with Gasteiger partial charge in [0.1, 0.15) is 5.75 Å². The van der Waals surface area contributed by atoms with E-state index in [4.69, 9.17) is 9.47 Å². The number of amides is 4. The lowest BCUT2D eigenvalue weighted by molar-refractivity contribution is -0.119. The number of nitrogens with zero attached hydrogens (tertiary/aromatic N) is 2. The number of aryl methyl sites for hydroxylation is 1. The number of rotatable bonds is 7. The SMILES string of the molecule is C=CC(=O)N[C@@H]1COC[C@H]1NC(=O)C1=C2NC(=O)N(c3cnc(Oc4ccccc4)cc3C)C3CCNC(S1)C23.